The first kappa shape index (κ1) is 24.9. The minimum absolute atomic E-state index is 0.147. The van der Waals surface area contributed by atoms with Gasteiger partial charge in [0, 0.05) is 25.8 Å². The molecule has 2 aromatic heterocycles. The summed E-state index contributed by atoms with van der Waals surface area (Å²) in [4.78, 5) is 59.6. The number of carbonyl (C=O) groups excluding carboxylic acids is 3. The topological polar surface area (TPSA) is 113 Å². The minimum atomic E-state index is -0.916. The average molecular weight is 516 g/mol. The predicted molar refractivity (Wildman–Crippen MR) is 137 cm³/mol. The zero-order chi connectivity index (χ0) is 25.1. The number of piperazine rings is 1. The molecule has 184 valence electrons. The third kappa shape index (κ3) is 4.94. The van der Waals surface area contributed by atoms with E-state index in [9.17, 15) is 19.2 Å². The van der Waals surface area contributed by atoms with E-state index >= 15 is 0 Å². The highest BCUT2D eigenvalue weighted by molar-refractivity contribution is 8.26. The van der Waals surface area contributed by atoms with Gasteiger partial charge in [0.25, 0.3) is 11.5 Å². The van der Waals surface area contributed by atoms with E-state index in [-0.39, 0.29) is 29.6 Å². The third-order valence-corrected chi connectivity index (χ3v) is 7.20. The van der Waals surface area contributed by atoms with Gasteiger partial charge in [-0.05, 0) is 24.6 Å². The third-order valence-electron chi connectivity index (χ3n) is 5.82. The molecular formula is C23H25N5O5S2. The molecule has 0 aliphatic carbocycles. The van der Waals surface area contributed by atoms with Crippen molar-refractivity contribution in [1.82, 2.24) is 19.6 Å². The van der Waals surface area contributed by atoms with E-state index in [1.807, 2.05) is 6.92 Å². The fraction of sp³-hybridized carbons (Fsp3) is 0.391. The maximum absolute atomic E-state index is 13.6. The van der Waals surface area contributed by atoms with Gasteiger partial charge in [-0.15, -0.1) is 0 Å². The summed E-state index contributed by atoms with van der Waals surface area (Å²) in [5.74, 6) is -0.968. The molecule has 12 heteroatoms. The number of hydrogen-bond donors (Lipinski definition) is 1. The van der Waals surface area contributed by atoms with Crippen molar-refractivity contribution in [2.45, 2.75) is 32.2 Å². The van der Waals surface area contributed by atoms with Gasteiger partial charge < -0.3 is 15.0 Å². The van der Waals surface area contributed by atoms with E-state index < -0.39 is 17.6 Å². The molecule has 0 spiro atoms. The Hall–Kier alpha value is -3.25. The Kier molecular flexibility index (Phi) is 7.51. The van der Waals surface area contributed by atoms with Gasteiger partial charge in [0.2, 0.25) is 5.91 Å². The summed E-state index contributed by atoms with van der Waals surface area (Å²) in [7, 11) is 1.25. The van der Waals surface area contributed by atoms with Gasteiger partial charge in [-0.2, -0.15) is 0 Å². The van der Waals surface area contributed by atoms with Crippen molar-refractivity contribution in [3.8, 4) is 0 Å². The second-order valence-corrected chi connectivity index (χ2v) is 9.73. The van der Waals surface area contributed by atoms with Crippen molar-refractivity contribution < 1.29 is 19.1 Å². The van der Waals surface area contributed by atoms with E-state index in [2.05, 4.69) is 10.3 Å². The first-order valence-corrected chi connectivity index (χ1v) is 12.5. The number of esters is 1. The normalized spacial score (nSPS) is 19.5. The van der Waals surface area contributed by atoms with Gasteiger partial charge >= 0.3 is 5.97 Å². The summed E-state index contributed by atoms with van der Waals surface area (Å²) in [6, 6.07) is 4.22. The second-order valence-electron chi connectivity index (χ2n) is 8.05. The summed E-state index contributed by atoms with van der Waals surface area (Å²) < 4.78 is 6.59. The molecule has 2 aliphatic heterocycles. The molecule has 35 heavy (non-hydrogen) atoms. The fourth-order valence-electron chi connectivity index (χ4n) is 3.99. The number of carbonyl (C=O) groups is 3. The Bertz CT molecular complexity index is 1290. The molecule has 1 N–H and O–H groups in total. The second kappa shape index (κ2) is 10.6. The van der Waals surface area contributed by atoms with Crippen LogP contribution in [0.1, 0.15) is 31.7 Å². The molecule has 0 bridgehead atoms. The molecule has 1 atom stereocenters. The van der Waals surface area contributed by atoms with E-state index in [4.69, 9.17) is 17.0 Å². The van der Waals surface area contributed by atoms with Gasteiger partial charge in [0.15, 0.2) is 0 Å². The number of aromatic nitrogens is 2. The van der Waals surface area contributed by atoms with E-state index in [0.29, 0.717) is 34.5 Å². The number of hydrogen-bond acceptors (Lipinski definition) is 9. The number of anilines is 1. The molecule has 1 unspecified atom stereocenters. The van der Waals surface area contributed by atoms with Crippen LogP contribution in [0.25, 0.3) is 11.7 Å². The van der Waals surface area contributed by atoms with E-state index in [0.717, 1.165) is 24.6 Å². The first-order valence-electron chi connectivity index (χ1n) is 11.2. The van der Waals surface area contributed by atoms with Crippen molar-refractivity contribution >= 4 is 63.6 Å². The number of nitrogens with zero attached hydrogens (tertiary/aromatic N) is 4. The molecule has 2 aliphatic rings. The molecule has 0 saturated carbocycles. The monoisotopic (exact) mass is 515 g/mol. The van der Waals surface area contributed by atoms with E-state index in [1.165, 1.54) is 22.5 Å². The lowest BCUT2D eigenvalue weighted by Gasteiger charge is -2.36. The summed E-state index contributed by atoms with van der Waals surface area (Å²) in [6.07, 6.45) is 4.60. The van der Waals surface area contributed by atoms with Crippen molar-refractivity contribution in [1.29, 1.82) is 0 Å². The Labute approximate surface area is 211 Å². The molecule has 2 aromatic rings. The van der Waals surface area contributed by atoms with Gasteiger partial charge in [0.05, 0.1) is 24.0 Å². The highest BCUT2D eigenvalue weighted by Gasteiger charge is 2.36. The lowest BCUT2D eigenvalue weighted by atomic mass is 10.1. The number of unbranched alkanes of at least 4 members (excludes halogenated alkanes) is 1. The van der Waals surface area contributed by atoms with Crippen molar-refractivity contribution in [3.63, 3.8) is 0 Å². The van der Waals surface area contributed by atoms with Crippen molar-refractivity contribution in [2.24, 2.45) is 0 Å². The van der Waals surface area contributed by atoms with Gasteiger partial charge in [0.1, 0.15) is 21.8 Å². The molecule has 0 radical (unpaired) electrons. The smallest absolute Gasteiger partial charge is 0.308 e. The summed E-state index contributed by atoms with van der Waals surface area (Å²) in [6.45, 7) is 3.17. The van der Waals surface area contributed by atoms with Crippen LogP contribution in [-0.2, 0) is 19.1 Å². The number of thioether (sulfide) groups is 1. The van der Waals surface area contributed by atoms with Crippen LogP contribution in [0.3, 0.4) is 0 Å². The molecule has 2 fully saturated rings. The van der Waals surface area contributed by atoms with Crippen molar-refractivity contribution in [2.75, 3.05) is 31.6 Å². The molecule has 4 rings (SSSR count). The van der Waals surface area contributed by atoms with Crippen LogP contribution in [0, 0.1) is 0 Å². The largest absolute Gasteiger partial charge is 0.469 e. The van der Waals surface area contributed by atoms with Crippen molar-refractivity contribution in [3.05, 3.63) is 45.2 Å². The van der Waals surface area contributed by atoms with Crippen LogP contribution in [0.4, 0.5) is 5.82 Å². The Balaban J connectivity index is 1.85. The zero-order valence-electron chi connectivity index (χ0n) is 19.4. The Morgan fingerprint density at radius 3 is 2.89 bits per heavy atom. The van der Waals surface area contributed by atoms with Gasteiger partial charge in [-0.1, -0.05) is 43.4 Å². The molecular weight excluding hydrogens is 490 g/mol. The average Bonchev–Trinajstić information content (AvgIpc) is 3.12. The Morgan fingerprint density at radius 2 is 2.14 bits per heavy atom. The predicted octanol–water partition coefficient (Wildman–Crippen LogP) is 1.56. The molecule has 10 nitrogen and oxygen atoms in total. The number of nitrogens with one attached hydrogen (secondary N) is 1. The highest BCUT2D eigenvalue weighted by atomic mass is 32.2. The highest BCUT2D eigenvalue weighted by Crippen LogP contribution is 2.34. The number of pyridine rings is 1. The molecule has 0 aromatic carbocycles. The zero-order valence-corrected chi connectivity index (χ0v) is 21.0. The summed E-state index contributed by atoms with van der Waals surface area (Å²) in [5, 5.41) is 2.75. The summed E-state index contributed by atoms with van der Waals surface area (Å²) in [5.41, 5.74) is 0.129. The number of methoxy groups -OCH3 is 1. The fourth-order valence-corrected chi connectivity index (χ4v) is 5.28. The molecule has 2 saturated heterocycles. The molecule has 4 heterocycles. The Morgan fingerprint density at radius 1 is 1.34 bits per heavy atom. The number of amides is 2. The molecule has 2 amide bonds. The van der Waals surface area contributed by atoms with Crippen LogP contribution in [-0.4, -0.2) is 69.2 Å². The standard InChI is InChI=1S/C23H25N5O5S2/c1-3-4-9-28-22(32)16(35-23(28)34)12-14-19(25-17-7-5-6-10-27(17)21(14)31)26-11-8-24-20(30)15(26)13-18(29)33-2/h5-7,10,12,15H,3-4,8-9,11,13H2,1-2H3,(H,24,30). The number of ether oxygens (including phenoxy) is 1. The quantitative estimate of drug-likeness (QED) is 0.333. The number of rotatable bonds is 7. The van der Waals surface area contributed by atoms with Gasteiger partial charge in [-0.25, -0.2) is 4.98 Å². The van der Waals surface area contributed by atoms with Gasteiger partial charge in [-0.3, -0.25) is 28.5 Å². The van der Waals surface area contributed by atoms with Crippen LogP contribution in [0.5, 0.6) is 0 Å². The van der Waals surface area contributed by atoms with E-state index in [1.54, 1.807) is 29.3 Å². The number of fused-ring (bicyclic) bond motifs is 1. The van der Waals surface area contributed by atoms with Crippen LogP contribution >= 0.6 is 24.0 Å². The maximum atomic E-state index is 13.6. The van der Waals surface area contributed by atoms with Crippen LogP contribution in [0.15, 0.2) is 34.1 Å². The van der Waals surface area contributed by atoms with Crippen LogP contribution < -0.4 is 15.8 Å². The number of thiocarbonyl (C=S) groups is 1. The first-order chi connectivity index (χ1) is 16.8. The maximum Gasteiger partial charge on any atom is 0.308 e. The van der Waals surface area contributed by atoms with Crippen LogP contribution in [0.2, 0.25) is 0 Å². The summed E-state index contributed by atoms with van der Waals surface area (Å²) >= 11 is 6.53. The lowest BCUT2D eigenvalue weighted by molar-refractivity contribution is -0.143. The SMILES string of the molecule is CCCCN1C(=O)C(=Cc2c(N3CCNC(=O)C3CC(=O)OC)nc3ccccn3c2=O)SC1=S. The minimum Gasteiger partial charge on any atom is -0.469 e. The lowest BCUT2D eigenvalue weighted by Crippen LogP contribution is -2.57.